The van der Waals surface area contributed by atoms with Crippen LogP contribution in [0.4, 0.5) is 21.5 Å². The quantitative estimate of drug-likeness (QED) is 0.479. The van der Waals surface area contributed by atoms with E-state index in [-0.39, 0.29) is 11.8 Å². The van der Waals surface area contributed by atoms with Crippen LogP contribution in [0, 0.1) is 5.82 Å². The molecule has 1 N–H and O–H groups in total. The summed E-state index contributed by atoms with van der Waals surface area (Å²) in [6.07, 6.45) is 0. The molecule has 0 saturated carbocycles. The number of benzene rings is 3. The largest absolute Gasteiger partial charge is 0.325 e. The lowest BCUT2D eigenvalue weighted by Crippen LogP contribution is -2.49. The van der Waals surface area contributed by atoms with Gasteiger partial charge in [0.1, 0.15) is 11.7 Å². The number of halogens is 1. The lowest BCUT2D eigenvalue weighted by Gasteiger charge is -2.34. The van der Waals surface area contributed by atoms with Gasteiger partial charge in [0, 0.05) is 44.6 Å². The van der Waals surface area contributed by atoms with Gasteiger partial charge in [0.05, 0.1) is 17.9 Å². The highest BCUT2D eigenvalue weighted by atomic mass is 19.1. The molecule has 3 aromatic rings. The number of hydrogen-bond acceptors (Lipinski definition) is 5. The summed E-state index contributed by atoms with van der Waals surface area (Å²) in [5.41, 5.74) is 3.99. The summed E-state index contributed by atoms with van der Waals surface area (Å²) in [6.45, 7) is 7.36. The van der Waals surface area contributed by atoms with Crippen LogP contribution in [0.2, 0.25) is 0 Å². The van der Waals surface area contributed by atoms with Gasteiger partial charge in [-0.15, -0.1) is 0 Å². The van der Waals surface area contributed by atoms with Crippen molar-refractivity contribution in [1.82, 2.24) is 9.80 Å². The van der Waals surface area contributed by atoms with Crippen LogP contribution in [0.25, 0.3) is 0 Å². The van der Waals surface area contributed by atoms with E-state index in [2.05, 4.69) is 22.0 Å². The monoisotopic (exact) mass is 513 g/mol. The molecular weight excluding hydrogens is 481 g/mol. The van der Waals surface area contributed by atoms with Crippen molar-refractivity contribution in [3.63, 3.8) is 0 Å². The molecule has 0 radical (unpaired) electrons. The number of anilines is 2. The normalized spacial score (nSPS) is 18.2. The fraction of sp³-hybridized carbons (Fsp3) is 0.300. The third-order valence-corrected chi connectivity index (χ3v) is 7.32. The highest BCUT2D eigenvalue weighted by molar-refractivity contribution is 6.24. The first-order chi connectivity index (χ1) is 18.4. The molecule has 38 heavy (non-hydrogen) atoms. The van der Waals surface area contributed by atoms with Crippen LogP contribution < -0.4 is 10.2 Å². The van der Waals surface area contributed by atoms with Crippen molar-refractivity contribution in [2.75, 3.05) is 56.5 Å². The van der Waals surface area contributed by atoms with Gasteiger partial charge >= 0.3 is 0 Å². The number of fused-ring (bicyclic) bond motifs is 1. The number of nitrogens with zero attached hydrogens (tertiary/aromatic N) is 4. The van der Waals surface area contributed by atoms with Crippen LogP contribution in [0.1, 0.15) is 24.0 Å². The number of nitrogens with one attached hydrogen (secondary N) is 1. The Labute approximate surface area is 222 Å². The van der Waals surface area contributed by atoms with Crippen LogP contribution in [0.15, 0.2) is 77.8 Å². The maximum absolute atomic E-state index is 13.8. The van der Waals surface area contributed by atoms with Crippen LogP contribution in [0.5, 0.6) is 0 Å². The molecule has 8 heteroatoms. The minimum Gasteiger partial charge on any atom is -0.325 e. The van der Waals surface area contributed by atoms with Gasteiger partial charge in [-0.25, -0.2) is 4.39 Å². The lowest BCUT2D eigenvalue weighted by molar-refractivity contribution is -0.120. The smallest absolute Gasteiger partial charge is 0.240 e. The molecule has 0 aliphatic carbocycles. The van der Waals surface area contributed by atoms with Crippen molar-refractivity contribution >= 4 is 34.6 Å². The fourth-order valence-electron chi connectivity index (χ4n) is 5.01. The molecule has 1 saturated heterocycles. The summed E-state index contributed by atoms with van der Waals surface area (Å²) in [4.78, 5) is 37.1. The topological polar surface area (TPSA) is 68.2 Å². The molecule has 0 spiro atoms. The van der Waals surface area contributed by atoms with Crippen LogP contribution in [-0.4, -0.2) is 73.6 Å². The molecule has 7 nitrogen and oxygen atoms in total. The highest BCUT2D eigenvalue weighted by Gasteiger charge is 2.35. The van der Waals surface area contributed by atoms with Crippen molar-refractivity contribution in [1.29, 1.82) is 0 Å². The zero-order chi connectivity index (χ0) is 26.6. The summed E-state index contributed by atoms with van der Waals surface area (Å²) in [6, 6.07) is 21.3. The van der Waals surface area contributed by atoms with Crippen molar-refractivity contribution in [2.24, 2.45) is 4.99 Å². The van der Waals surface area contributed by atoms with E-state index in [1.54, 1.807) is 18.0 Å². The Hall–Kier alpha value is -3.88. The Kier molecular flexibility index (Phi) is 7.62. The molecular formula is C30H32FN5O2. The predicted octanol–water partition coefficient (Wildman–Crippen LogP) is 4.28. The van der Waals surface area contributed by atoms with E-state index in [1.807, 2.05) is 54.6 Å². The molecule has 196 valence electrons. The van der Waals surface area contributed by atoms with E-state index in [9.17, 15) is 14.0 Å². The number of aliphatic imine (C=N–C) groups is 1. The third kappa shape index (κ3) is 5.51. The van der Waals surface area contributed by atoms with Gasteiger partial charge in [-0.05, 0) is 54.1 Å². The van der Waals surface area contributed by atoms with Gasteiger partial charge in [0.2, 0.25) is 11.8 Å². The summed E-state index contributed by atoms with van der Waals surface area (Å²) >= 11 is 0. The minimum atomic E-state index is -0.662. The third-order valence-electron chi connectivity index (χ3n) is 7.32. The second-order valence-electron chi connectivity index (χ2n) is 9.70. The Balaban J connectivity index is 1.36. The maximum atomic E-state index is 13.8. The number of carbonyl (C=O) groups excluding carboxylic acids is 2. The van der Waals surface area contributed by atoms with Gasteiger partial charge in [-0.2, -0.15) is 0 Å². The second kappa shape index (κ2) is 11.2. The van der Waals surface area contributed by atoms with Gasteiger partial charge in [0.25, 0.3) is 0 Å². The molecule has 3 aromatic carbocycles. The molecule has 5 rings (SSSR count). The number of likely N-dealkylation sites (N-methyl/N-ethyl adjacent to an activating group) is 2. The molecule has 2 heterocycles. The summed E-state index contributed by atoms with van der Waals surface area (Å²) in [5.74, 6) is -1.26. The predicted molar refractivity (Wildman–Crippen MR) is 149 cm³/mol. The fourth-order valence-corrected chi connectivity index (χ4v) is 5.01. The summed E-state index contributed by atoms with van der Waals surface area (Å²) in [7, 11) is 1.79. The Morgan fingerprint density at radius 2 is 1.68 bits per heavy atom. The minimum absolute atomic E-state index is 0.0441. The Bertz CT molecular complexity index is 1330. The van der Waals surface area contributed by atoms with Gasteiger partial charge < -0.3 is 15.1 Å². The molecule has 2 aliphatic rings. The van der Waals surface area contributed by atoms with Crippen LogP contribution in [-0.2, 0) is 9.59 Å². The molecule has 2 aliphatic heterocycles. The summed E-state index contributed by atoms with van der Waals surface area (Å²) < 4.78 is 13.8. The number of rotatable bonds is 7. The SMILES string of the molecule is CCN1CCN(CC(=O)N(C)c2ccc(N=C(c3ccccc3)C3C(=O)Nc4cc(F)ccc43)cc2)CC1. The van der Waals surface area contributed by atoms with Gasteiger partial charge in [0.15, 0.2) is 0 Å². The number of piperazine rings is 1. The van der Waals surface area contributed by atoms with Crippen molar-refractivity contribution in [2.45, 2.75) is 12.8 Å². The zero-order valence-corrected chi connectivity index (χ0v) is 21.7. The van der Waals surface area contributed by atoms with Gasteiger partial charge in [-0.1, -0.05) is 43.3 Å². The first-order valence-electron chi connectivity index (χ1n) is 13.0. The Morgan fingerprint density at radius 3 is 2.37 bits per heavy atom. The molecule has 1 unspecified atom stereocenters. The number of amides is 2. The summed E-state index contributed by atoms with van der Waals surface area (Å²) in [5, 5.41) is 2.79. The maximum Gasteiger partial charge on any atom is 0.240 e. The van der Waals surface area contributed by atoms with E-state index in [4.69, 9.17) is 4.99 Å². The average molecular weight is 514 g/mol. The van der Waals surface area contributed by atoms with E-state index in [0.717, 1.165) is 44.0 Å². The standard InChI is InChI=1S/C30H32FN5O2/c1-3-35-15-17-36(18-16-35)20-27(37)34(2)24-12-10-23(11-13-24)32-29(21-7-5-4-6-8-21)28-25-14-9-22(31)19-26(25)33-30(28)38/h4-14,19,28H,3,15-18,20H2,1-2H3,(H,33,38). The van der Waals surface area contributed by atoms with Crippen molar-refractivity contribution < 1.29 is 14.0 Å². The van der Waals surface area contributed by atoms with Crippen molar-refractivity contribution in [3.8, 4) is 0 Å². The number of hydrogen-bond donors (Lipinski definition) is 1. The molecule has 0 aromatic heterocycles. The zero-order valence-electron chi connectivity index (χ0n) is 21.7. The van der Waals surface area contributed by atoms with Gasteiger partial charge in [-0.3, -0.25) is 19.5 Å². The first-order valence-corrected chi connectivity index (χ1v) is 13.0. The lowest BCUT2D eigenvalue weighted by atomic mass is 9.90. The van der Waals surface area contributed by atoms with E-state index in [0.29, 0.717) is 29.2 Å². The van der Waals surface area contributed by atoms with E-state index < -0.39 is 11.7 Å². The van der Waals surface area contributed by atoms with Crippen LogP contribution >= 0.6 is 0 Å². The van der Waals surface area contributed by atoms with Crippen LogP contribution in [0.3, 0.4) is 0 Å². The average Bonchev–Trinajstić information content (AvgIpc) is 3.26. The van der Waals surface area contributed by atoms with E-state index >= 15 is 0 Å². The number of carbonyl (C=O) groups is 2. The highest BCUT2D eigenvalue weighted by Crippen LogP contribution is 2.36. The second-order valence-corrected chi connectivity index (χ2v) is 9.70. The molecule has 0 bridgehead atoms. The molecule has 1 fully saturated rings. The first kappa shape index (κ1) is 25.8. The van der Waals surface area contributed by atoms with E-state index in [1.165, 1.54) is 12.1 Å². The molecule has 1 atom stereocenters. The molecule has 2 amide bonds. The van der Waals surface area contributed by atoms with Crippen molar-refractivity contribution in [3.05, 3.63) is 89.7 Å². The Morgan fingerprint density at radius 1 is 1.00 bits per heavy atom.